The first-order chi connectivity index (χ1) is 8.24. The molecule has 2 N–H and O–H groups in total. The summed E-state index contributed by atoms with van der Waals surface area (Å²) in [6.45, 7) is 0. The third-order valence-corrected chi connectivity index (χ3v) is 3.57. The summed E-state index contributed by atoms with van der Waals surface area (Å²) in [5, 5.41) is 0.774. The predicted octanol–water partition coefficient (Wildman–Crippen LogP) is 3.82. The summed E-state index contributed by atoms with van der Waals surface area (Å²) >= 11 is 5.99. The zero-order chi connectivity index (χ0) is 11.8. The van der Waals surface area contributed by atoms with Gasteiger partial charge in [0.2, 0.25) is 0 Å². The van der Waals surface area contributed by atoms with E-state index >= 15 is 0 Å². The number of rotatable bonds is 2. The van der Waals surface area contributed by atoms with Crippen LogP contribution in [0.4, 0.5) is 0 Å². The molecule has 0 spiro atoms. The molecule has 1 aliphatic rings. The average molecular weight is 244 g/mol. The Labute approximate surface area is 106 Å². The van der Waals surface area contributed by atoms with Gasteiger partial charge in [-0.05, 0) is 35.2 Å². The molecule has 1 nitrogen and oxygen atoms in total. The van der Waals surface area contributed by atoms with E-state index in [1.54, 1.807) is 0 Å². The SMILES string of the molecule is NC1CC1c1ccc(-c2cccc(Cl)c2)cc1. The van der Waals surface area contributed by atoms with Crippen molar-refractivity contribution in [3.05, 3.63) is 59.1 Å². The topological polar surface area (TPSA) is 26.0 Å². The highest BCUT2D eigenvalue weighted by Gasteiger charge is 2.34. The van der Waals surface area contributed by atoms with E-state index in [1.165, 1.54) is 11.1 Å². The first-order valence-corrected chi connectivity index (χ1v) is 6.23. The lowest BCUT2D eigenvalue weighted by molar-refractivity contribution is 0.991. The smallest absolute Gasteiger partial charge is 0.0412 e. The van der Waals surface area contributed by atoms with E-state index in [2.05, 4.69) is 30.3 Å². The third-order valence-electron chi connectivity index (χ3n) is 3.34. The molecule has 1 aliphatic carbocycles. The normalized spacial score (nSPS) is 22.5. The van der Waals surface area contributed by atoms with E-state index < -0.39 is 0 Å². The maximum Gasteiger partial charge on any atom is 0.0412 e. The highest BCUT2D eigenvalue weighted by Crippen LogP contribution is 2.39. The Bertz CT molecular complexity index is 533. The van der Waals surface area contributed by atoms with E-state index in [1.807, 2.05) is 18.2 Å². The van der Waals surface area contributed by atoms with Crippen LogP contribution in [-0.4, -0.2) is 6.04 Å². The van der Waals surface area contributed by atoms with E-state index in [4.69, 9.17) is 17.3 Å². The van der Waals surface area contributed by atoms with Crippen molar-refractivity contribution in [1.29, 1.82) is 0 Å². The van der Waals surface area contributed by atoms with Crippen LogP contribution in [0.1, 0.15) is 17.9 Å². The fourth-order valence-corrected chi connectivity index (χ4v) is 2.38. The Hall–Kier alpha value is -1.31. The first kappa shape index (κ1) is 10.8. The summed E-state index contributed by atoms with van der Waals surface area (Å²) in [5.74, 6) is 0.573. The molecular weight excluding hydrogens is 230 g/mol. The summed E-state index contributed by atoms with van der Waals surface area (Å²) in [4.78, 5) is 0. The van der Waals surface area contributed by atoms with E-state index in [0.717, 1.165) is 17.0 Å². The second-order valence-corrected chi connectivity index (χ2v) is 5.07. The number of halogens is 1. The lowest BCUT2D eigenvalue weighted by Crippen LogP contribution is -2.00. The molecule has 2 heteroatoms. The predicted molar refractivity (Wildman–Crippen MR) is 72.2 cm³/mol. The maximum absolute atomic E-state index is 5.99. The van der Waals surface area contributed by atoms with Crippen molar-refractivity contribution < 1.29 is 0 Å². The van der Waals surface area contributed by atoms with Crippen molar-refractivity contribution in [3.63, 3.8) is 0 Å². The number of benzene rings is 2. The van der Waals surface area contributed by atoms with Crippen LogP contribution in [0, 0.1) is 0 Å². The molecule has 2 aromatic rings. The Morgan fingerprint density at radius 2 is 1.71 bits per heavy atom. The van der Waals surface area contributed by atoms with Gasteiger partial charge in [0.1, 0.15) is 0 Å². The van der Waals surface area contributed by atoms with Crippen molar-refractivity contribution in [3.8, 4) is 11.1 Å². The largest absolute Gasteiger partial charge is 0.327 e. The Morgan fingerprint density at radius 3 is 2.29 bits per heavy atom. The number of hydrogen-bond acceptors (Lipinski definition) is 1. The molecule has 1 saturated carbocycles. The van der Waals surface area contributed by atoms with Crippen LogP contribution in [-0.2, 0) is 0 Å². The molecule has 0 aromatic heterocycles. The maximum atomic E-state index is 5.99. The number of nitrogens with two attached hydrogens (primary N) is 1. The lowest BCUT2D eigenvalue weighted by atomic mass is 10.0. The molecule has 0 heterocycles. The highest BCUT2D eigenvalue weighted by atomic mass is 35.5. The molecule has 2 unspecified atom stereocenters. The monoisotopic (exact) mass is 243 g/mol. The van der Waals surface area contributed by atoms with Crippen LogP contribution in [0.3, 0.4) is 0 Å². The quantitative estimate of drug-likeness (QED) is 0.853. The number of hydrogen-bond donors (Lipinski definition) is 1. The van der Waals surface area contributed by atoms with E-state index in [-0.39, 0.29) is 0 Å². The molecule has 2 atom stereocenters. The van der Waals surface area contributed by atoms with E-state index in [0.29, 0.717) is 12.0 Å². The minimum absolute atomic E-state index is 0.368. The van der Waals surface area contributed by atoms with E-state index in [9.17, 15) is 0 Å². The van der Waals surface area contributed by atoms with Crippen LogP contribution in [0.25, 0.3) is 11.1 Å². The molecule has 1 fully saturated rings. The Balaban J connectivity index is 1.89. The molecule has 86 valence electrons. The second-order valence-electron chi connectivity index (χ2n) is 4.64. The fourth-order valence-electron chi connectivity index (χ4n) is 2.19. The van der Waals surface area contributed by atoms with Crippen molar-refractivity contribution in [2.75, 3.05) is 0 Å². The lowest BCUT2D eigenvalue weighted by Gasteiger charge is -2.04. The van der Waals surface area contributed by atoms with Crippen LogP contribution in [0.2, 0.25) is 5.02 Å². The summed E-state index contributed by atoms with van der Waals surface area (Å²) in [5.41, 5.74) is 9.56. The van der Waals surface area contributed by atoms with Crippen LogP contribution in [0.15, 0.2) is 48.5 Å². The molecular formula is C15H14ClN. The summed E-state index contributed by atoms with van der Waals surface area (Å²) in [7, 11) is 0. The van der Waals surface area contributed by atoms with Crippen LogP contribution >= 0.6 is 11.6 Å². The molecule has 0 amide bonds. The van der Waals surface area contributed by atoms with Crippen molar-refractivity contribution in [2.45, 2.75) is 18.4 Å². The van der Waals surface area contributed by atoms with Gasteiger partial charge in [-0.3, -0.25) is 0 Å². The van der Waals surface area contributed by atoms with Gasteiger partial charge >= 0.3 is 0 Å². The van der Waals surface area contributed by atoms with Crippen molar-refractivity contribution in [1.82, 2.24) is 0 Å². The summed E-state index contributed by atoms with van der Waals surface area (Å²) in [6.07, 6.45) is 1.12. The minimum atomic E-state index is 0.368. The average Bonchev–Trinajstić information content (AvgIpc) is 3.07. The first-order valence-electron chi connectivity index (χ1n) is 5.85. The molecule has 3 rings (SSSR count). The van der Waals surface area contributed by atoms with Gasteiger partial charge in [-0.2, -0.15) is 0 Å². The summed E-state index contributed by atoms with van der Waals surface area (Å²) < 4.78 is 0. The minimum Gasteiger partial charge on any atom is -0.327 e. The summed E-state index contributed by atoms with van der Waals surface area (Å²) in [6, 6.07) is 16.9. The van der Waals surface area contributed by atoms with Crippen molar-refractivity contribution in [2.24, 2.45) is 5.73 Å². The van der Waals surface area contributed by atoms with Crippen LogP contribution < -0.4 is 5.73 Å². The van der Waals surface area contributed by atoms with Gasteiger partial charge in [-0.1, -0.05) is 48.0 Å². The zero-order valence-electron chi connectivity index (χ0n) is 9.44. The zero-order valence-corrected chi connectivity index (χ0v) is 10.2. The van der Waals surface area contributed by atoms with Crippen molar-refractivity contribution >= 4 is 11.6 Å². The van der Waals surface area contributed by atoms with Gasteiger partial charge < -0.3 is 5.73 Å². The van der Waals surface area contributed by atoms with Gasteiger partial charge in [0.05, 0.1) is 0 Å². The fraction of sp³-hybridized carbons (Fsp3) is 0.200. The van der Waals surface area contributed by atoms with Gasteiger partial charge in [-0.15, -0.1) is 0 Å². The second kappa shape index (κ2) is 4.17. The van der Waals surface area contributed by atoms with Gasteiger partial charge in [0, 0.05) is 17.0 Å². The highest BCUT2D eigenvalue weighted by molar-refractivity contribution is 6.30. The van der Waals surface area contributed by atoms with Gasteiger partial charge in [0.25, 0.3) is 0 Å². The standard InChI is InChI=1S/C15H14ClN/c16-13-3-1-2-12(8-13)10-4-6-11(7-5-10)14-9-15(14)17/h1-8,14-15H,9,17H2. The molecule has 0 aliphatic heterocycles. The molecule has 0 saturated heterocycles. The van der Waals surface area contributed by atoms with Crippen LogP contribution in [0.5, 0.6) is 0 Å². The third kappa shape index (κ3) is 2.21. The Morgan fingerprint density at radius 1 is 1.00 bits per heavy atom. The molecule has 0 radical (unpaired) electrons. The Kier molecular flexibility index (Phi) is 2.65. The van der Waals surface area contributed by atoms with Gasteiger partial charge in [0.15, 0.2) is 0 Å². The molecule has 17 heavy (non-hydrogen) atoms. The molecule has 2 aromatic carbocycles. The molecule has 0 bridgehead atoms. The van der Waals surface area contributed by atoms with Gasteiger partial charge in [-0.25, -0.2) is 0 Å².